The molecule has 3 aromatic carbocycles. The van der Waals surface area contributed by atoms with Gasteiger partial charge in [-0.1, -0.05) is 60.7 Å². The molecule has 4 rings (SSSR count). The van der Waals surface area contributed by atoms with Gasteiger partial charge in [0.25, 0.3) is 5.91 Å². The van der Waals surface area contributed by atoms with E-state index >= 15 is 0 Å². The fourth-order valence-electron chi connectivity index (χ4n) is 4.26. The van der Waals surface area contributed by atoms with Crippen molar-refractivity contribution in [1.29, 1.82) is 0 Å². The van der Waals surface area contributed by atoms with Gasteiger partial charge in [0.1, 0.15) is 6.04 Å². The van der Waals surface area contributed by atoms with Gasteiger partial charge in [-0.05, 0) is 35.7 Å². The van der Waals surface area contributed by atoms with Crippen LogP contribution in [0.1, 0.15) is 33.1 Å². The van der Waals surface area contributed by atoms with Gasteiger partial charge in [0.2, 0.25) is 10.0 Å². The number of hydrogen-bond acceptors (Lipinski definition) is 3. The van der Waals surface area contributed by atoms with E-state index < -0.39 is 10.0 Å². The number of nitrogens with one attached hydrogen (secondary N) is 2. The molecule has 0 fully saturated rings. The lowest BCUT2D eigenvalue weighted by molar-refractivity contribution is -0.890. The van der Waals surface area contributed by atoms with Crippen molar-refractivity contribution in [3.8, 4) is 0 Å². The Bertz CT molecular complexity index is 1230. The molecule has 0 radical (unpaired) electrons. The van der Waals surface area contributed by atoms with E-state index in [1.807, 2.05) is 68.7 Å². The highest BCUT2D eigenvalue weighted by atomic mass is 32.2. The number of benzene rings is 3. The second-order valence-electron chi connectivity index (χ2n) is 8.64. The van der Waals surface area contributed by atoms with Gasteiger partial charge < -0.3 is 10.2 Å². The zero-order valence-electron chi connectivity index (χ0n) is 19.0. The van der Waals surface area contributed by atoms with Crippen LogP contribution in [0.25, 0.3) is 0 Å². The minimum Gasteiger partial charge on any atom is -0.346 e. The van der Waals surface area contributed by atoms with Crippen LogP contribution < -0.4 is 10.2 Å². The molecule has 1 aliphatic rings. The number of likely N-dealkylation sites (N-methyl/N-ethyl adjacent to an activating group) is 1. The molecule has 7 heteroatoms. The van der Waals surface area contributed by atoms with Gasteiger partial charge in [0, 0.05) is 24.2 Å². The Balaban J connectivity index is 1.48. The summed E-state index contributed by atoms with van der Waals surface area (Å²) in [6.45, 7) is 1.23. The third-order valence-electron chi connectivity index (χ3n) is 6.20. The van der Waals surface area contributed by atoms with E-state index in [0.29, 0.717) is 31.6 Å². The van der Waals surface area contributed by atoms with Crippen molar-refractivity contribution in [2.24, 2.45) is 0 Å². The highest BCUT2D eigenvalue weighted by Crippen LogP contribution is 2.25. The van der Waals surface area contributed by atoms with Gasteiger partial charge in [-0.25, -0.2) is 8.42 Å². The normalized spacial score (nSPS) is 15.1. The molecule has 0 aliphatic carbocycles. The van der Waals surface area contributed by atoms with E-state index in [-0.39, 0.29) is 16.8 Å². The summed E-state index contributed by atoms with van der Waals surface area (Å²) in [4.78, 5) is 14.2. The summed E-state index contributed by atoms with van der Waals surface area (Å²) >= 11 is 0. The van der Waals surface area contributed by atoms with Crippen LogP contribution >= 0.6 is 0 Å². The van der Waals surface area contributed by atoms with Crippen molar-refractivity contribution < 1.29 is 18.1 Å². The molecule has 1 atom stereocenters. The molecule has 33 heavy (non-hydrogen) atoms. The highest BCUT2D eigenvalue weighted by Gasteiger charge is 2.29. The average molecular weight is 465 g/mol. The van der Waals surface area contributed by atoms with Crippen LogP contribution in [0.4, 0.5) is 0 Å². The van der Waals surface area contributed by atoms with E-state index in [4.69, 9.17) is 0 Å². The summed E-state index contributed by atoms with van der Waals surface area (Å²) in [5, 5.41) is 2.98. The number of rotatable bonds is 7. The second kappa shape index (κ2) is 9.87. The van der Waals surface area contributed by atoms with Crippen molar-refractivity contribution in [3.05, 3.63) is 101 Å². The van der Waals surface area contributed by atoms with E-state index in [0.717, 1.165) is 11.1 Å². The molecule has 1 amide bonds. The predicted octanol–water partition coefficient (Wildman–Crippen LogP) is 2.05. The predicted molar refractivity (Wildman–Crippen MR) is 129 cm³/mol. The van der Waals surface area contributed by atoms with Gasteiger partial charge >= 0.3 is 0 Å². The SMILES string of the molecule is C[NH+](C)[C@@H](CNC(=O)c1cccc(S(=O)(=O)N2CCc3ccccc3C2)c1)c1ccccc1. The van der Waals surface area contributed by atoms with Gasteiger partial charge in [-0.15, -0.1) is 0 Å². The number of hydrogen-bond donors (Lipinski definition) is 2. The standard InChI is InChI=1S/C26H29N3O3S/c1-28(2)25(21-10-4-3-5-11-21)18-27-26(30)22-13-8-14-24(17-22)33(31,32)29-16-15-20-9-6-7-12-23(20)19-29/h3-14,17,25H,15-16,18-19H2,1-2H3,(H,27,30)/p+1/t25-/m0/s1. The second-order valence-corrected chi connectivity index (χ2v) is 10.6. The molecule has 172 valence electrons. The van der Waals surface area contributed by atoms with Crippen LogP contribution in [0, 0.1) is 0 Å². The number of nitrogens with zero attached hydrogens (tertiary/aromatic N) is 1. The summed E-state index contributed by atoms with van der Waals surface area (Å²) in [7, 11) is 0.400. The summed E-state index contributed by atoms with van der Waals surface area (Å²) in [6, 6.07) is 24.4. The van der Waals surface area contributed by atoms with Crippen molar-refractivity contribution in [2.45, 2.75) is 23.9 Å². The van der Waals surface area contributed by atoms with Gasteiger partial charge in [-0.3, -0.25) is 4.79 Å². The van der Waals surface area contributed by atoms with Crippen LogP contribution in [0.3, 0.4) is 0 Å². The molecule has 1 heterocycles. The quantitative estimate of drug-likeness (QED) is 0.562. The summed E-state index contributed by atoms with van der Waals surface area (Å²) in [5.74, 6) is -0.279. The number of carbonyl (C=O) groups is 1. The molecule has 3 aromatic rings. The van der Waals surface area contributed by atoms with E-state index in [1.165, 1.54) is 20.8 Å². The van der Waals surface area contributed by atoms with Crippen LogP contribution in [-0.4, -0.2) is 45.8 Å². The minimum absolute atomic E-state index is 0.0930. The molecule has 0 saturated heterocycles. The first-order chi connectivity index (χ1) is 15.9. The van der Waals surface area contributed by atoms with Crippen molar-refractivity contribution >= 4 is 15.9 Å². The number of amides is 1. The topological polar surface area (TPSA) is 70.9 Å². The lowest BCUT2D eigenvalue weighted by Gasteiger charge is -2.28. The van der Waals surface area contributed by atoms with Crippen molar-refractivity contribution in [1.82, 2.24) is 9.62 Å². The molecule has 6 nitrogen and oxygen atoms in total. The van der Waals surface area contributed by atoms with Gasteiger partial charge in [-0.2, -0.15) is 4.31 Å². The fourth-order valence-corrected chi connectivity index (χ4v) is 5.72. The van der Waals surface area contributed by atoms with Crippen molar-refractivity contribution in [2.75, 3.05) is 27.2 Å². The minimum atomic E-state index is -3.70. The van der Waals surface area contributed by atoms with Gasteiger partial charge in [0.05, 0.1) is 25.5 Å². The maximum atomic E-state index is 13.3. The zero-order chi connectivity index (χ0) is 23.4. The fraction of sp³-hybridized carbons (Fsp3) is 0.269. The summed E-state index contributed by atoms with van der Waals surface area (Å²) in [6.07, 6.45) is 0.684. The Morgan fingerprint density at radius 2 is 1.67 bits per heavy atom. The smallest absolute Gasteiger partial charge is 0.251 e. The van der Waals surface area contributed by atoms with Crippen LogP contribution in [0.2, 0.25) is 0 Å². The summed E-state index contributed by atoms with van der Waals surface area (Å²) in [5.41, 5.74) is 3.70. The maximum absolute atomic E-state index is 13.3. The largest absolute Gasteiger partial charge is 0.346 e. The molecule has 2 N–H and O–H groups in total. The molecular formula is C26H30N3O3S+. The van der Waals surface area contributed by atoms with Crippen molar-refractivity contribution in [3.63, 3.8) is 0 Å². The van der Waals surface area contributed by atoms with E-state index in [9.17, 15) is 13.2 Å². The molecule has 0 spiro atoms. The highest BCUT2D eigenvalue weighted by molar-refractivity contribution is 7.89. The Hall–Kier alpha value is -3.00. The summed E-state index contributed by atoms with van der Waals surface area (Å²) < 4.78 is 28.1. The Morgan fingerprint density at radius 3 is 2.39 bits per heavy atom. The van der Waals surface area contributed by atoms with E-state index in [2.05, 4.69) is 5.32 Å². The number of carbonyl (C=O) groups excluding carboxylic acids is 1. The van der Waals surface area contributed by atoms with Crippen LogP contribution in [0.15, 0.2) is 83.8 Å². The average Bonchev–Trinajstić information content (AvgIpc) is 2.84. The maximum Gasteiger partial charge on any atom is 0.251 e. The molecule has 0 aromatic heterocycles. The first kappa shape index (κ1) is 23.2. The molecule has 1 aliphatic heterocycles. The number of fused-ring (bicyclic) bond motifs is 1. The number of sulfonamides is 1. The van der Waals surface area contributed by atoms with Crippen LogP contribution in [0.5, 0.6) is 0 Å². The molecule has 0 unspecified atom stereocenters. The molecule has 0 bridgehead atoms. The molecular weight excluding hydrogens is 434 g/mol. The lowest BCUT2D eigenvalue weighted by Crippen LogP contribution is -3.07. The Morgan fingerprint density at radius 1 is 0.970 bits per heavy atom. The Kier molecular flexibility index (Phi) is 6.93. The monoisotopic (exact) mass is 464 g/mol. The lowest BCUT2D eigenvalue weighted by atomic mass is 10.0. The van der Waals surface area contributed by atoms with Gasteiger partial charge in [0.15, 0.2) is 0 Å². The molecule has 0 saturated carbocycles. The zero-order valence-corrected chi connectivity index (χ0v) is 19.8. The number of quaternary nitrogens is 1. The first-order valence-corrected chi connectivity index (χ1v) is 12.6. The van der Waals surface area contributed by atoms with E-state index in [1.54, 1.807) is 18.2 Å². The first-order valence-electron chi connectivity index (χ1n) is 11.2. The third kappa shape index (κ3) is 5.16. The van der Waals surface area contributed by atoms with Crippen LogP contribution in [-0.2, 0) is 23.0 Å². The third-order valence-corrected chi connectivity index (χ3v) is 8.04. The Labute approximate surface area is 195 Å².